The van der Waals surface area contributed by atoms with Crippen LogP contribution in [0.4, 0.5) is 0 Å². The van der Waals surface area contributed by atoms with Gasteiger partial charge in [-0.15, -0.1) is 0 Å². The molecule has 1 amide bonds. The van der Waals surface area contributed by atoms with Gasteiger partial charge in [0.25, 0.3) is 0 Å². The van der Waals surface area contributed by atoms with Crippen molar-refractivity contribution in [3.05, 3.63) is 82.6 Å². The molecule has 3 nitrogen and oxygen atoms in total. The Morgan fingerprint density at radius 2 is 1.61 bits per heavy atom. The van der Waals surface area contributed by atoms with Crippen LogP contribution in [0, 0.1) is 25.7 Å². The SMILES string of the molecule is C=C1[C@@H](C2Cc3ccccc3C2)NC(=O)[C@@H](C(CC)CC)N1Cc1cc(C)cc(C)c1. The van der Waals surface area contributed by atoms with Crippen molar-refractivity contribution in [2.75, 3.05) is 0 Å². The van der Waals surface area contributed by atoms with Gasteiger partial charge in [0.15, 0.2) is 0 Å². The molecule has 0 radical (unpaired) electrons. The summed E-state index contributed by atoms with van der Waals surface area (Å²) in [6.45, 7) is 14.0. The van der Waals surface area contributed by atoms with Crippen molar-refractivity contribution in [3.8, 4) is 0 Å². The number of carbonyl (C=O) groups excluding carboxylic acids is 1. The molecule has 0 aromatic heterocycles. The minimum atomic E-state index is -0.150. The Morgan fingerprint density at radius 1 is 1.03 bits per heavy atom. The molecule has 1 fully saturated rings. The lowest BCUT2D eigenvalue weighted by Gasteiger charge is -2.47. The highest BCUT2D eigenvalue weighted by Crippen LogP contribution is 2.36. The Morgan fingerprint density at radius 3 is 2.16 bits per heavy atom. The van der Waals surface area contributed by atoms with E-state index in [1.54, 1.807) is 0 Å². The van der Waals surface area contributed by atoms with E-state index in [9.17, 15) is 4.79 Å². The number of aryl methyl sites for hydroxylation is 2. The maximum Gasteiger partial charge on any atom is 0.243 e. The van der Waals surface area contributed by atoms with Gasteiger partial charge in [-0.05, 0) is 55.2 Å². The molecule has 2 aromatic rings. The maximum atomic E-state index is 13.5. The minimum Gasteiger partial charge on any atom is -0.357 e. The summed E-state index contributed by atoms with van der Waals surface area (Å²) in [7, 11) is 0. The van der Waals surface area contributed by atoms with Crippen LogP contribution in [-0.2, 0) is 24.2 Å². The highest BCUT2D eigenvalue weighted by molar-refractivity contribution is 5.84. The lowest BCUT2D eigenvalue weighted by molar-refractivity contribution is -0.132. The van der Waals surface area contributed by atoms with Crippen LogP contribution < -0.4 is 5.32 Å². The van der Waals surface area contributed by atoms with Crippen LogP contribution in [0.25, 0.3) is 0 Å². The van der Waals surface area contributed by atoms with E-state index in [0.29, 0.717) is 11.8 Å². The van der Waals surface area contributed by atoms with Gasteiger partial charge in [-0.3, -0.25) is 4.79 Å². The molecule has 4 rings (SSSR count). The molecule has 31 heavy (non-hydrogen) atoms. The predicted octanol–water partition coefficient (Wildman–Crippen LogP) is 5.34. The number of piperazine rings is 1. The molecule has 1 aliphatic heterocycles. The molecule has 2 aliphatic rings. The first-order chi connectivity index (χ1) is 14.9. The number of carbonyl (C=O) groups is 1. The van der Waals surface area contributed by atoms with Crippen LogP contribution >= 0.6 is 0 Å². The third-order valence-electron chi connectivity index (χ3n) is 7.31. The molecule has 2 atom stereocenters. The van der Waals surface area contributed by atoms with Crippen molar-refractivity contribution in [2.24, 2.45) is 11.8 Å². The van der Waals surface area contributed by atoms with Crippen LogP contribution in [-0.4, -0.2) is 22.9 Å². The Bertz CT molecular complexity index is 929. The van der Waals surface area contributed by atoms with Crippen LogP contribution in [0.1, 0.15) is 54.5 Å². The van der Waals surface area contributed by atoms with Gasteiger partial charge in [0.2, 0.25) is 5.91 Å². The summed E-state index contributed by atoms with van der Waals surface area (Å²) in [6, 6.07) is 15.2. The Kier molecular flexibility index (Phi) is 6.22. The number of nitrogens with zero attached hydrogens (tertiary/aromatic N) is 1. The van der Waals surface area contributed by atoms with Gasteiger partial charge in [-0.1, -0.05) is 86.9 Å². The largest absolute Gasteiger partial charge is 0.357 e. The summed E-state index contributed by atoms with van der Waals surface area (Å²) in [5.74, 6) is 0.870. The number of hydrogen-bond donors (Lipinski definition) is 1. The van der Waals surface area contributed by atoms with E-state index >= 15 is 0 Å². The molecule has 0 spiro atoms. The summed E-state index contributed by atoms with van der Waals surface area (Å²) >= 11 is 0. The summed E-state index contributed by atoms with van der Waals surface area (Å²) in [6.07, 6.45) is 4.00. The van der Waals surface area contributed by atoms with Gasteiger partial charge in [0.1, 0.15) is 6.04 Å². The van der Waals surface area contributed by atoms with Gasteiger partial charge < -0.3 is 10.2 Å². The van der Waals surface area contributed by atoms with Gasteiger partial charge >= 0.3 is 0 Å². The van der Waals surface area contributed by atoms with E-state index in [-0.39, 0.29) is 18.0 Å². The Hall–Kier alpha value is -2.55. The average Bonchev–Trinajstić information content (AvgIpc) is 3.16. The molecule has 3 heteroatoms. The first kappa shape index (κ1) is 21.7. The smallest absolute Gasteiger partial charge is 0.243 e. The normalized spacial score (nSPS) is 21.5. The van der Waals surface area contributed by atoms with E-state index in [2.05, 4.69) is 87.0 Å². The van der Waals surface area contributed by atoms with E-state index in [1.165, 1.54) is 27.8 Å². The van der Waals surface area contributed by atoms with Crippen molar-refractivity contribution in [3.63, 3.8) is 0 Å². The summed E-state index contributed by atoms with van der Waals surface area (Å²) in [5.41, 5.74) is 7.70. The molecule has 1 aliphatic carbocycles. The number of fused-ring (bicyclic) bond motifs is 1. The lowest BCUT2D eigenvalue weighted by Crippen LogP contribution is -2.62. The molecular formula is C28H36N2O. The molecule has 1 N–H and O–H groups in total. The molecular weight excluding hydrogens is 380 g/mol. The number of benzene rings is 2. The predicted molar refractivity (Wildman–Crippen MR) is 128 cm³/mol. The molecule has 1 saturated heterocycles. The molecule has 0 bridgehead atoms. The fraction of sp³-hybridized carbons (Fsp3) is 0.464. The lowest BCUT2D eigenvalue weighted by atomic mass is 9.85. The first-order valence-corrected chi connectivity index (χ1v) is 11.8. The zero-order chi connectivity index (χ0) is 22.1. The second kappa shape index (κ2) is 8.90. The van der Waals surface area contributed by atoms with E-state index in [0.717, 1.165) is 37.9 Å². The quantitative estimate of drug-likeness (QED) is 0.690. The number of amides is 1. The maximum absolute atomic E-state index is 13.5. The van der Waals surface area contributed by atoms with Crippen molar-refractivity contribution in [1.82, 2.24) is 10.2 Å². The topological polar surface area (TPSA) is 32.3 Å². The van der Waals surface area contributed by atoms with Crippen molar-refractivity contribution in [2.45, 2.75) is 72.0 Å². The highest BCUT2D eigenvalue weighted by Gasteiger charge is 2.43. The standard InChI is InChI=1S/C28H36N2O/c1-6-22(7-2)27-28(31)29-26(25-15-23-10-8-9-11-24(23)16-25)20(5)30(27)17-21-13-18(3)12-19(4)14-21/h8-14,22,25-27H,5-7,15-17H2,1-4H3,(H,29,31)/t26-,27+/m0/s1. The van der Waals surface area contributed by atoms with Gasteiger partial charge in [0, 0.05) is 12.2 Å². The first-order valence-electron chi connectivity index (χ1n) is 11.8. The van der Waals surface area contributed by atoms with E-state index < -0.39 is 0 Å². The third kappa shape index (κ3) is 4.28. The number of nitrogens with one attached hydrogen (secondary N) is 1. The summed E-state index contributed by atoms with van der Waals surface area (Å²) in [5, 5.41) is 3.40. The van der Waals surface area contributed by atoms with Gasteiger partial charge in [-0.25, -0.2) is 0 Å². The van der Waals surface area contributed by atoms with Crippen LogP contribution in [0.15, 0.2) is 54.7 Å². The van der Waals surface area contributed by atoms with Crippen LogP contribution in [0.3, 0.4) is 0 Å². The second-order valence-electron chi connectivity index (χ2n) is 9.56. The molecule has 2 aromatic carbocycles. The molecule has 164 valence electrons. The fourth-order valence-corrected chi connectivity index (χ4v) is 5.80. The summed E-state index contributed by atoms with van der Waals surface area (Å²) in [4.78, 5) is 15.8. The van der Waals surface area contributed by atoms with Crippen molar-refractivity contribution in [1.29, 1.82) is 0 Å². The highest BCUT2D eigenvalue weighted by atomic mass is 16.2. The van der Waals surface area contributed by atoms with Crippen LogP contribution in [0.5, 0.6) is 0 Å². The zero-order valence-electron chi connectivity index (χ0n) is 19.4. The van der Waals surface area contributed by atoms with E-state index in [1.807, 2.05) is 0 Å². The molecule has 0 saturated carbocycles. The fourth-order valence-electron chi connectivity index (χ4n) is 5.80. The van der Waals surface area contributed by atoms with E-state index in [4.69, 9.17) is 0 Å². The third-order valence-corrected chi connectivity index (χ3v) is 7.31. The van der Waals surface area contributed by atoms with Crippen molar-refractivity contribution < 1.29 is 4.79 Å². The number of rotatable bonds is 6. The second-order valence-corrected chi connectivity index (χ2v) is 9.56. The summed E-state index contributed by atoms with van der Waals surface area (Å²) < 4.78 is 0. The Labute approximate surface area is 187 Å². The Balaban J connectivity index is 1.65. The molecule has 0 unspecified atom stereocenters. The van der Waals surface area contributed by atoms with Gasteiger partial charge in [-0.2, -0.15) is 0 Å². The minimum absolute atomic E-state index is 0.00332. The number of hydrogen-bond acceptors (Lipinski definition) is 2. The average molecular weight is 417 g/mol. The van der Waals surface area contributed by atoms with Crippen LogP contribution in [0.2, 0.25) is 0 Å². The zero-order valence-corrected chi connectivity index (χ0v) is 19.4. The molecule has 1 heterocycles. The van der Waals surface area contributed by atoms with Crippen molar-refractivity contribution >= 4 is 5.91 Å². The monoisotopic (exact) mass is 416 g/mol. The van der Waals surface area contributed by atoms with Gasteiger partial charge in [0.05, 0.1) is 6.04 Å².